The molecule has 0 radical (unpaired) electrons. The Labute approximate surface area is 147 Å². The number of benzene rings is 1. The Bertz CT molecular complexity index is 681. The first-order valence-electron chi connectivity index (χ1n) is 8.42. The Morgan fingerprint density at radius 3 is 2.62 bits per heavy atom. The molecule has 2 heterocycles. The summed E-state index contributed by atoms with van der Waals surface area (Å²) in [6, 6.07) is 11.5. The molecule has 1 aromatic carbocycles. The molecule has 0 spiro atoms. The number of piperidine rings is 1. The third-order valence-corrected chi connectivity index (χ3v) is 4.66. The van der Waals surface area contributed by atoms with Crippen LogP contribution in [0.5, 0.6) is 0 Å². The number of carbonyl (C=O) groups is 1. The van der Waals surface area contributed by atoms with Gasteiger partial charge < -0.3 is 10.2 Å². The summed E-state index contributed by atoms with van der Waals surface area (Å²) in [4.78, 5) is 18.9. The maximum atomic E-state index is 12.1. The fourth-order valence-electron chi connectivity index (χ4n) is 2.91. The number of carbonyl (C=O) groups excluding carboxylic acids is 1. The maximum absolute atomic E-state index is 12.1. The third-order valence-electron chi connectivity index (χ3n) is 4.29. The molecule has 24 heavy (non-hydrogen) atoms. The normalized spacial score (nSPS) is 14.5. The summed E-state index contributed by atoms with van der Waals surface area (Å²) in [5.74, 6) is 0.990. The number of halogens is 1. The number of hydrogen-bond acceptors (Lipinski definition) is 3. The quantitative estimate of drug-likeness (QED) is 0.902. The molecule has 0 bridgehead atoms. The van der Waals surface area contributed by atoms with Crippen LogP contribution in [0.3, 0.4) is 0 Å². The summed E-state index contributed by atoms with van der Waals surface area (Å²) in [5, 5.41) is 3.55. The van der Waals surface area contributed by atoms with Gasteiger partial charge in [-0.2, -0.15) is 0 Å². The maximum Gasteiger partial charge on any atom is 0.224 e. The minimum absolute atomic E-state index is 0.0387. The van der Waals surface area contributed by atoms with Crippen molar-refractivity contribution in [3.8, 4) is 0 Å². The van der Waals surface area contributed by atoms with Crippen molar-refractivity contribution >= 4 is 23.3 Å². The standard InChI is InChI=1S/C19H22ClN3O/c20-17-7-3-2-6-16(17)12-19(24)22-14-15-8-9-18(21-13-15)23-10-4-1-5-11-23/h2-3,6-9,13H,1,4-5,10-12,14H2,(H,22,24). The average Bonchev–Trinajstić information content (AvgIpc) is 2.63. The van der Waals surface area contributed by atoms with E-state index in [9.17, 15) is 4.79 Å². The van der Waals surface area contributed by atoms with Crippen LogP contribution in [0, 0.1) is 0 Å². The summed E-state index contributed by atoms with van der Waals surface area (Å²) >= 11 is 6.08. The van der Waals surface area contributed by atoms with Crippen molar-refractivity contribution in [2.75, 3.05) is 18.0 Å². The largest absolute Gasteiger partial charge is 0.357 e. The molecule has 0 atom stereocenters. The van der Waals surface area contributed by atoms with Crippen molar-refractivity contribution in [1.82, 2.24) is 10.3 Å². The molecule has 1 N–H and O–H groups in total. The first-order valence-corrected chi connectivity index (χ1v) is 8.80. The van der Waals surface area contributed by atoms with Gasteiger partial charge in [0, 0.05) is 30.9 Å². The van der Waals surface area contributed by atoms with Gasteiger partial charge in [0.05, 0.1) is 6.42 Å². The molecule has 1 saturated heterocycles. The van der Waals surface area contributed by atoms with Crippen LogP contribution in [0.15, 0.2) is 42.6 Å². The second-order valence-corrected chi connectivity index (χ2v) is 6.52. The monoisotopic (exact) mass is 343 g/mol. The Morgan fingerprint density at radius 2 is 1.92 bits per heavy atom. The molecule has 1 aliphatic rings. The highest BCUT2D eigenvalue weighted by Crippen LogP contribution is 2.18. The fourth-order valence-corrected chi connectivity index (χ4v) is 3.11. The lowest BCUT2D eigenvalue weighted by molar-refractivity contribution is -0.120. The van der Waals surface area contributed by atoms with Crippen LogP contribution >= 0.6 is 11.6 Å². The first kappa shape index (κ1) is 16.8. The van der Waals surface area contributed by atoms with Gasteiger partial charge in [-0.1, -0.05) is 35.9 Å². The van der Waals surface area contributed by atoms with Crippen molar-refractivity contribution in [2.45, 2.75) is 32.2 Å². The van der Waals surface area contributed by atoms with E-state index in [1.807, 2.05) is 36.5 Å². The van der Waals surface area contributed by atoms with Gasteiger partial charge in [-0.15, -0.1) is 0 Å². The molecule has 1 fully saturated rings. The van der Waals surface area contributed by atoms with E-state index in [-0.39, 0.29) is 5.91 Å². The highest BCUT2D eigenvalue weighted by Gasteiger charge is 2.12. The molecule has 1 aromatic heterocycles. The number of nitrogens with one attached hydrogen (secondary N) is 1. The molecule has 1 amide bonds. The number of pyridine rings is 1. The Morgan fingerprint density at radius 1 is 1.12 bits per heavy atom. The molecule has 5 heteroatoms. The molecule has 0 unspecified atom stereocenters. The van der Waals surface area contributed by atoms with Crippen LogP contribution in [0.1, 0.15) is 30.4 Å². The van der Waals surface area contributed by atoms with Gasteiger partial charge in [0.25, 0.3) is 0 Å². The van der Waals surface area contributed by atoms with Crippen LogP contribution < -0.4 is 10.2 Å². The zero-order valence-corrected chi connectivity index (χ0v) is 14.4. The topological polar surface area (TPSA) is 45.2 Å². The molecule has 4 nitrogen and oxygen atoms in total. The minimum Gasteiger partial charge on any atom is -0.357 e. The second-order valence-electron chi connectivity index (χ2n) is 6.12. The molecule has 126 valence electrons. The Kier molecular flexibility index (Phi) is 5.70. The predicted molar refractivity (Wildman–Crippen MR) is 97.3 cm³/mol. The number of rotatable bonds is 5. The van der Waals surface area contributed by atoms with E-state index in [1.54, 1.807) is 6.07 Å². The highest BCUT2D eigenvalue weighted by molar-refractivity contribution is 6.31. The molecule has 2 aromatic rings. The summed E-state index contributed by atoms with van der Waals surface area (Å²) in [6.45, 7) is 2.65. The number of hydrogen-bond donors (Lipinski definition) is 1. The molecule has 1 aliphatic heterocycles. The summed E-state index contributed by atoms with van der Waals surface area (Å²) in [5.41, 5.74) is 1.85. The number of nitrogens with zero attached hydrogens (tertiary/aromatic N) is 2. The molecular weight excluding hydrogens is 322 g/mol. The smallest absolute Gasteiger partial charge is 0.224 e. The van der Waals surface area contributed by atoms with E-state index >= 15 is 0 Å². The Hall–Kier alpha value is -2.07. The van der Waals surface area contributed by atoms with Crippen LogP contribution in [0.25, 0.3) is 0 Å². The van der Waals surface area contributed by atoms with E-state index in [1.165, 1.54) is 19.3 Å². The highest BCUT2D eigenvalue weighted by atomic mass is 35.5. The number of amides is 1. The number of aromatic nitrogens is 1. The predicted octanol–water partition coefficient (Wildman–Crippen LogP) is 3.58. The molecule has 3 rings (SSSR count). The van der Waals surface area contributed by atoms with Gasteiger partial charge in [0.2, 0.25) is 5.91 Å². The van der Waals surface area contributed by atoms with Crippen LogP contribution in [0.2, 0.25) is 5.02 Å². The number of anilines is 1. The van der Waals surface area contributed by atoms with Gasteiger partial charge in [-0.05, 0) is 42.5 Å². The summed E-state index contributed by atoms with van der Waals surface area (Å²) < 4.78 is 0. The van der Waals surface area contributed by atoms with Gasteiger partial charge in [0.15, 0.2) is 0 Å². The van der Waals surface area contributed by atoms with E-state index < -0.39 is 0 Å². The van der Waals surface area contributed by atoms with E-state index in [0.717, 1.165) is 30.0 Å². The molecule has 0 aliphatic carbocycles. The zero-order valence-electron chi connectivity index (χ0n) is 13.7. The lowest BCUT2D eigenvalue weighted by atomic mass is 10.1. The van der Waals surface area contributed by atoms with Gasteiger partial charge in [0.1, 0.15) is 5.82 Å². The average molecular weight is 344 g/mol. The van der Waals surface area contributed by atoms with Crippen molar-refractivity contribution in [3.05, 3.63) is 58.7 Å². The van der Waals surface area contributed by atoms with E-state index in [4.69, 9.17) is 11.6 Å². The SMILES string of the molecule is O=C(Cc1ccccc1Cl)NCc1ccc(N2CCCCC2)nc1. The fraction of sp³-hybridized carbons (Fsp3) is 0.368. The summed E-state index contributed by atoms with van der Waals surface area (Å²) in [7, 11) is 0. The van der Waals surface area contributed by atoms with Crippen molar-refractivity contribution in [2.24, 2.45) is 0 Å². The van der Waals surface area contributed by atoms with Gasteiger partial charge in [-0.25, -0.2) is 4.98 Å². The van der Waals surface area contributed by atoms with Crippen LogP contribution in [-0.4, -0.2) is 24.0 Å². The van der Waals surface area contributed by atoms with Crippen molar-refractivity contribution < 1.29 is 4.79 Å². The summed E-state index contributed by atoms with van der Waals surface area (Å²) in [6.07, 6.45) is 5.92. The Balaban J connectivity index is 1.51. The van der Waals surface area contributed by atoms with Crippen LogP contribution in [0.4, 0.5) is 5.82 Å². The van der Waals surface area contributed by atoms with Crippen molar-refractivity contribution in [1.29, 1.82) is 0 Å². The zero-order chi connectivity index (χ0) is 16.8. The molecular formula is C19H22ClN3O. The lowest BCUT2D eigenvalue weighted by Gasteiger charge is -2.27. The van der Waals surface area contributed by atoms with Crippen LogP contribution in [-0.2, 0) is 17.8 Å². The van der Waals surface area contributed by atoms with E-state index in [0.29, 0.717) is 18.0 Å². The van der Waals surface area contributed by atoms with Gasteiger partial charge >= 0.3 is 0 Å². The molecule has 0 saturated carbocycles. The first-order chi connectivity index (χ1) is 11.7. The van der Waals surface area contributed by atoms with Crippen molar-refractivity contribution in [3.63, 3.8) is 0 Å². The second kappa shape index (κ2) is 8.15. The lowest BCUT2D eigenvalue weighted by Crippen LogP contribution is -2.30. The van der Waals surface area contributed by atoms with Gasteiger partial charge in [-0.3, -0.25) is 4.79 Å². The third kappa shape index (κ3) is 4.48. The van der Waals surface area contributed by atoms with E-state index in [2.05, 4.69) is 15.2 Å². The minimum atomic E-state index is -0.0387.